The van der Waals surface area contributed by atoms with Crippen LogP contribution in [-0.2, 0) is 4.79 Å². The van der Waals surface area contributed by atoms with Crippen molar-refractivity contribution in [1.82, 2.24) is 0 Å². The summed E-state index contributed by atoms with van der Waals surface area (Å²) in [6.07, 6.45) is -3.88. The number of anilines is 1. The Labute approximate surface area is 115 Å². The van der Waals surface area contributed by atoms with E-state index >= 15 is 0 Å². The maximum absolute atomic E-state index is 12.1. The van der Waals surface area contributed by atoms with Gasteiger partial charge in [-0.15, -0.1) is 0 Å². The number of carbonyl (C=O) groups excluding carboxylic acids is 1. The zero-order chi connectivity index (χ0) is 15.2. The van der Waals surface area contributed by atoms with Crippen molar-refractivity contribution >= 4 is 11.6 Å². The number of halogens is 3. The standard InChI is InChI=1S/C13H17F3N2O2/c1-2-9(7-17)12(19)18-10-5-3-4-6-11(10)20-8-13(14,15)16/h3-6,9H,2,7-8,17H2,1H3,(H,18,19). The Hall–Kier alpha value is -1.76. The minimum atomic E-state index is -4.43. The molecule has 1 rings (SSSR count). The predicted octanol–water partition coefficient (Wildman–Crippen LogP) is 2.55. The number of nitrogens with one attached hydrogen (secondary N) is 1. The van der Waals surface area contributed by atoms with Crippen molar-refractivity contribution in [2.45, 2.75) is 19.5 Å². The van der Waals surface area contributed by atoms with E-state index in [0.29, 0.717) is 6.42 Å². The van der Waals surface area contributed by atoms with E-state index in [1.165, 1.54) is 18.2 Å². The molecule has 1 atom stereocenters. The summed E-state index contributed by atoms with van der Waals surface area (Å²) in [6.45, 7) is 0.574. The number of hydrogen-bond acceptors (Lipinski definition) is 3. The first-order valence-electron chi connectivity index (χ1n) is 6.17. The number of amides is 1. The summed E-state index contributed by atoms with van der Waals surface area (Å²) < 4.78 is 41.1. The molecule has 0 aliphatic carbocycles. The van der Waals surface area contributed by atoms with Gasteiger partial charge >= 0.3 is 6.18 Å². The fourth-order valence-corrected chi connectivity index (χ4v) is 1.55. The molecule has 0 aliphatic heterocycles. The lowest BCUT2D eigenvalue weighted by atomic mass is 10.1. The van der Waals surface area contributed by atoms with Crippen LogP contribution in [0.25, 0.3) is 0 Å². The highest BCUT2D eigenvalue weighted by Gasteiger charge is 2.29. The maximum Gasteiger partial charge on any atom is 0.422 e. The quantitative estimate of drug-likeness (QED) is 0.846. The van der Waals surface area contributed by atoms with Gasteiger partial charge in [0.1, 0.15) is 5.75 Å². The average molecular weight is 290 g/mol. The molecule has 0 spiro atoms. The molecular formula is C13H17F3N2O2. The van der Waals surface area contributed by atoms with Crippen molar-refractivity contribution in [3.63, 3.8) is 0 Å². The summed E-state index contributed by atoms with van der Waals surface area (Å²) in [7, 11) is 0. The first kappa shape index (κ1) is 16.3. The molecule has 0 saturated carbocycles. The van der Waals surface area contributed by atoms with Crippen LogP contribution in [0, 0.1) is 5.92 Å². The number of carbonyl (C=O) groups is 1. The molecule has 1 aromatic rings. The largest absolute Gasteiger partial charge is 0.482 e. The van der Waals surface area contributed by atoms with Gasteiger partial charge in [0.25, 0.3) is 0 Å². The second-order valence-corrected chi connectivity index (χ2v) is 4.23. The molecule has 7 heteroatoms. The van der Waals surface area contributed by atoms with Crippen LogP contribution in [-0.4, -0.2) is 25.2 Å². The number of benzene rings is 1. The molecule has 0 fully saturated rings. The molecule has 1 aromatic carbocycles. The highest BCUT2D eigenvalue weighted by molar-refractivity contribution is 5.94. The Bertz CT molecular complexity index is 445. The zero-order valence-corrected chi connectivity index (χ0v) is 11.0. The van der Waals surface area contributed by atoms with Gasteiger partial charge in [-0.2, -0.15) is 13.2 Å². The van der Waals surface area contributed by atoms with Crippen molar-refractivity contribution < 1.29 is 22.7 Å². The summed E-state index contributed by atoms with van der Waals surface area (Å²) in [5, 5.41) is 2.54. The average Bonchev–Trinajstić information content (AvgIpc) is 2.38. The van der Waals surface area contributed by atoms with E-state index in [-0.39, 0.29) is 29.8 Å². The molecule has 0 aromatic heterocycles. The van der Waals surface area contributed by atoms with Crippen molar-refractivity contribution in [1.29, 1.82) is 0 Å². The molecule has 4 nitrogen and oxygen atoms in total. The van der Waals surface area contributed by atoms with Gasteiger partial charge in [-0.1, -0.05) is 19.1 Å². The summed E-state index contributed by atoms with van der Waals surface area (Å²) >= 11 is 0. The van der Waals surface area contributed by atoms with Crippen molar-refractivity contribution in [2.24, 2.45) is 11.7 Å². The van der Waals surface area contributed by atoms with Gasteiger partial charge in [0.05, 0.1) is 11.6 Å². The van der Waals surface area contributed by atoms with Crippen LogP contribution in [0.4, 0.5) is 18.9 Å². The van der Waals surface area contributed by atoms with Gasteiger partial charge in [0, 0.05) is 6.54 Å². The summed E-state index contributed by atoms with van der Waals surface area (Å²) in [5.41, 5.74) is 5.65. The Morgan fingerprint density at radius 2 is 2.05 bits per heavy atom. The third-order valence-corrected chi connectivity index (χ3v) is 2.68. The normalized spacial score (nSPS) is 12.8. The van der Waals surface area contributed by atoms with E-state index in [2.05, 4.69) is 10.1 Å². The third-order valence-electron chi connectivity index (χ3n) is 2.68. The topological polar surface area (TPSA) is 64.4 Å². The van der Waals surface area contributed by atoms with Crippen LogP contribution in [0.2, 0.25) is 0 Å². The van der Waals surface area contributed by atoms with Crippen LogP contribution in [0.1, 0.15) is 13.3 Å². The SMILES string of the molecule is CCC(CN)C(=O)Nc1ccccc1OCC(F)(F)F. The summed E-state index contributed by atoms with van der Waals surface area (Å²) in [5.74, 6) is -0.742. The Morgan fingerprint density at radius 3 is 2.60 bits per heavy atom. The molecule has 0 aliphatic rings. The van der Waals surface area contributed by atoms with Gasteiger partial charge in [-0.3, -0.25) is 4.79 Å². The molecule has 1 amide bonds. The van der Waals surface area contributed by atoms with Crippen LogP contribution in [0.15, 0.2) is 24.3 Å². The number of alkyl halides is 3. The Morgan fingerprint density at radius 1 is 1.40 bits per heavy atom. The molecule has 0 heterocycles. The maximum atomic E-state index is 12.1. The number of nitrogens with two attached hydrogens (primary N) is 1. The van der Waals surface area contributed by atoms with E-state index < -0.39 is 12.8 Å². The van der Waals surface area contributed by atoms with Gasteiger partial charge in [0.2, 0.25) is 5.91 Å². The monoisotopic (exact) mass is 290 g/mol. The number of rotatable bonds is 6. The van der Waals surface area contributed by atoms with Crippen LogP contribution < -0.4 is 15.8 Å². The fraction of sp³-hybridized carbons (Fsp3) is 0.462. The smallest absolute Gasteiger partial charge is 0.422 e. The second-order valence-electron chi connectivity index (χ2n) is 4.23. The van der Waals surface area contributed by atoms with Crippen molar-refractivity contribution in [3.05, 3.63) is 24.3 Å². The van der Waals surface area contributed by atoms with Crippen LogP contribution in [0.3, 0.4) is 0 Å². The molecule has 0 bridgehead atoms. The number of ether oxygens (including phenoxy) is 1. The number of hydrogen-bond donors (Lipinski definition) is 2. The molecule has 3 N–H and O–H groups in total. The molecule has 112 valence electrons. The lowest BCUT2D eigenvalue weighted by Crippen LogP contribution is -2.29. The highest BCUT2D eigenvalue weighted by Crippen LogP contribution is 2.26. The predicted molar refractivity (Wildman–Crippen MR) is 69.5 cm³/mol. The first-order valence-corrected chi connectivity index (χ1v) is 6.17. The van der Waals surface area contributed by atoms with E-state index in [0.717, 1.165) is 0 Å². The lowest BCUT2D eigenvalue weighted by Gasteiger charge is -2.16. The van der Waals surface area contributed by atoms with Crippen molar-refractivity contribution in [3.8, 4) is 5.75 Å². The highest BCUT2D eigenvalue weighted by atomic mass is 19.4. The Balaban J connectivity index is 2.77. The van der Waals surface area contributed by atoms with E-state index in [9.17, 15) is 18.0 Å². The summed E-state index contributed by atoms with van der Waals surface area (Å²) in [4.78, 5) is 11.9. The van der Waals surface area contributed by atoms with Crippen LogP contribution in [0.5, 0.6) is 5.75 Å². The minimum Gasteiger partial charge on any atom is -0.482 e. The van der Waals surface area contributed by atoms with E-state index in [4.69, 9.17) is 5.73 Å². The van der Waals surface area contributed by atoms with Gasteiger partial charge < -0.3 is 15.8 Å². The second kappa shape index (κ2) is 7.14. The minimum absolute atomic E-state index is 0.0231. The Kier molecular flexibility index (Phi) is 5.82. The number of para-hydroxylation sites is 2. The first-order chi connectivity index (χ1) is 9.37. The van der Waals surface area contributed by atoms with Gasteiger partial charge in [0.15, 0.2) is 6.61 Å². The van der Waals surface area contributed by atoms with E-state index in [1.807, 2.05) is 6.92 Å². The van der Waals surface area contributed by atoms with Crippen LogP contribution >= 0.6 is 0 Å². The molecule has 1 unspecified atom stereocenters. The molecular weight excluding hydrogens is 273 g/mol. The fourth-order valence-electron chi connectivity index (χ4n) is 1.55. The lowest BCUT2D eigenvalue weighted by molar-refractivity contribution is -0.153. The summed E-state index contributed by atoms with van der Waals surface area (Å²) in [6, 6.07) is 5.97. The van der Waals surface area contributed by atoms with Gasteiger partial charge in [-0.05, 0) is 18.6 Å². The van der Waals surface area contributed by atoms with Gasteiger partial charge in [-0.25, -0.2) is 0 Å². The molecule has 0 saturated heterocycles. The van der Waals surface area contributed by atoms with E-state index in [1.54, 1.807) is 6.07 Å². The van der Waals surface area contributed by atoms with Crippen molar-refractivity contribution in [2.75, 3.05) is 18.5 Å². The molecule has 20 heavy (non-hydrogen) atoms. The molecule has 0 radical (unpaired) electrons. The third kappa shape index (κ3) is 5.08. The zero-order valence-electron chi connectivity index (χ0n) is 11.0.